The van der Waals surface area contributed by atoms with Gasteiger partial charge in [0.1, 0.15) is 0 Å². The van der Waals surface area contributed by atoms with E-state index in [0.29, 0.717) is 5.56 Å². The molecule has 1 aromatic carbocycles. The molecule has 5 heteroatoms. The first-order valence-electron chi connectivity index (χ1n) is 5.16. The molecule has 0 unspecified atom stereocenters. The molecule has 0 spiro atoms. The largest absolute Gasteiger partial charge is 0.504 e. The smallest absolute Gasteiger partial charge is 0.228 e. The summed E-state index contributed by atoms with van der Waals surface area (Å²) < 4.78 is 4.96. The molecular weight excluding hydrogens is 236 g/mol. The lowest BCUT2D eigenvalue weighted by Gasteiger charge is -1.98. The summed E-state index contributed by atoms with van der Waals surface area (Å²) >= 11 is 0. The van der Waals surface area contributed by atoms with Crippen molar-refractivity contribution in [2.45, 2.75) is 6.92 Å². The van der Waals surface area contributed by atoms with Crippen LogP contribution in [0.15, 0.2) is 39.7 Å². The summed E-state index contributed by atoms with van der Waals surface area (Å²) in [7, 11) is 0. The number of ketones is 1. The Morgan fingerprint density at radius 1 is 1.28 bits per heavy atom. The van der Waals surface area contributed by atoms with E-state index in [9.17, 15) is 19.8 Å². The number of rotatable bonds is 2. The summed E-state index contributed by atoms with van der Waals surface area (Å²) in [4.78, 5) is 23.4. The van der Waals surface area contributed by atoms with Gasteiger partial charge in [0.2, 0.25) is 17.0 Å². The molecule has 0 atom stereocenters. The molecule has 1 heterocycles. The Morgan fingerprint density at radius 2 is 2.00 bits per heavy atom. The van der Waals surface area contributed by atoms with Crippen LogP contribution in [0, 0.1) is 6.92 Å². The second kappa shape index (κ2) is 4.37. The molecule has 92 valence electrons. The van der Waals surface area contributed by atoms with Crippen LogP contribution in [0.3, 0.4) is 0 Å². The number of aryl methyl sites for hydroxylation is 1. The first-order valence-corrected chi connectivity index (χ1v) is 5.16. The maximum absolute atomic E-state index is 12.1. The molecule has 0 amide bonds. The van der Waals surface area contributed by atoms with Crippen LogP contribution in [0.2, 0.25) is 0 Å². The van der Waals surface area contributed by atoms with Crippen LogP contribution < -0.4 is 5.43 Å². The van der Waals surface area contributed by atoms with Crippen LogP contribution in [0.5, 0.6) is 11.5 Å². The lowest BCUT2D eigenvalue weighted by molar-refractivity contribution is 0.101. The average Bonchev–Trinajstić information content (AvgIpc) is 2.84. The Labute approximate surface area is 102 Å². The van der Waals surface area contributed by atoms with Gasteiger partial charge in [0.15, 0.2) is 11.5 Å². The number of furan rings is 1. The van der Waals surface area contributed by atoms with E-state index in [1.165, 1.54) is 19.3 Å². The third-order valence-corrected chi connectivity index (χ3v) is 2.52. The van der Waals surface area contributed by atoms with Gasteiger partial charge in [-0.25, -0.2) is 0 Å². The molecule has 0 saturated carbocycles. The third kappa shape index (κ3) is 1.98. The van der Waals surface area contributed by atoms with Crippen molar-refractivity contribution < 1.29 is 19.4 Å². The number of carbonyl (C=O) groups is 1. The highest BCUT2D eigenvalue weighted by molar-refractivity contribution is 6.08. The van der Waals surface area contributed by atoms with E-state index in [1.807, 2.05) is 0 Å². The summed E-state index contributed by atoms with van der Waals surface area (Å²) in [5.41, 5.74) is -0.305. The lowest BCUT2D eigenvalue weighted by atomic mass is 10.1. The van der Waals surface area contributed by atoms with Crippen molar-refractivity contribution in [1.82, 2.24) is 0 Å². The van der Waals surface area contributed by atoms with Gasteiger partial charge in [0.05, 0.1) is 6.26 Å². The Kier molecular flexibility index (Phi) is 2.89. The quantitative estimate of drug-likeness (QED) is 0.785. The normalized spacial score (nSPS) is 10.3. The fourth-order valence-electron chi connectivity index (χ4n) is 1.57. The summed E-state index contributed by atoms with van der Waals surface area (Å²) in [6.07, 6.45) is 1.35. The summed E-state index contributed by atoms with van der Waals surface area (Å²) in [6, 6.07) is 5.17. The van der Waals surface area contributed by atoms with Gasteiger partial charge in [-0.05, 0) is 36.8 Å². The lowest BCUT2D eigenvalue weighted by Crippen LogP contribution is -2.01. The van der Waals surface area contributed by atoms with E-state index >= 15 is 0 Å². The summed E-state index contributed by atoms with van der Waals surface area (Å²) in [6.45, 7) is 1.54. The Bertz CT molecular complexity index is 656. The minimum atomic E-state index is -0.781. The van der Waals surface area contributed by atoms with E-state index < -0.39 is 22.7 Å². The predicted molar refractivity (Wildman–Crippen MR) is 62.9 cm³/mol. The van der Waals surface area contributed by atoms with Gasteiger partial charge in [-0.3, -0.25) is 9.59 Å². The summed E-state index contributed by atoms with van der Waals surface area (Å²) in [5, 5.41) is 18.8. The van der Waals surface area contributed by atoms with Crippen LogP contribution in [-0.4, -0.2) is 16.0 Å². The van der Waals surface area contributed by atoms with Gasteiger partial charge in [-0.2, -0.15) is 0 Å². The highest BCUT2D eigenvalue weighted by Crippen LogP contribution is 2.23. The number of carbonyl (C=O) groups excluding carboxylic acids is 1. The molecule has 5 nitrogen and oxygen atoms in total. The standard InChI is InChI=1S/C13H10O5/c1-7-5-9(14)13(17)10(15)6-8(7)12(16)11-3-2-4-18-11/h2-6H,1H3,(H2,14,15,17). The molecular formula is C13H10O5. The Morgan fingerprint density at radius 3 is 2.61 bits per heavy atom. The maximum Gasteiger partial charge on any atom is 0.228 e. The molecule has 2 rings (SSSR count). The molecule has 0 aliphatic carbocycles. The second-order valence-electron chi connectivity index (χ2n) is 3.79. The first kappa shape index (κ1) is 11.9. The van der Waals surface area contributed by atoms with Crippen LogP contribution in [0.25, 0.3) is 0 Å². The predicted octanol–water partition coefficient (Wildman–Crippen LogP) is 1.59. The van der Waals surface area contributed by atoms with Crippen molar-refractivity contribution >= 4 is 5.78 Å². The van der Waals surface area contributed by atoms with Crippen molar-refractivity contribution in [1.29, 1.82) is 0 Å². The number of hydrogen-bond donors (Lipinski definition) is 2. The number of hydrogen-bond acceptors (Lipinski definition) is 5. The van der Waals surface area contributed by atoms with Gasteiger partial charge < -0.3 is 14.6 Å². The molecule has 0 aliphatic rings. The van der Waals surface area contributed by atoms with Crippen LogP contribution in [0.4, 0.5) is 0 Å². The van der Waals surface area contributed by atoms with E-state index in [4.69, 9.17) is 4.42 Å². The van der Waals surface area contributed by atoms with Crippen LogP contribution in [0.1, 0.15) is 21.7 Å². The molecule has 0 bridgehead atoms. The SMILES string of the molecule is Cc1cc(=O)c(O)c(O)cc1C(=O)c1ccco1. The van der Waals surface area contributed by atoms with E-state index in [1.54, 1.807) is 6.07 Å². The van der Waals surface area contributed by atoms with Gasteiger partial charge in [-0.15, -0.1) is 0 Å². The highest BCUT2D eigenvalue weighted by atomic mass is 16.3. The van der Waals surface area contributed by atoms with Gasteiger partial charge >= 0.3 is 0 Å². The average molecular weight is 246 g/mol. The second-order valence-corrected chi connectivity index (χ2v) is 3.79. The zero-order chi connectivity index (χ0) is 13.3. The Balaban J connectivity index is 2.67. The van der Waals surface area contributed by atoms with Gasteiger partial charge in [-0.1, -0.05) is 0 Å². The zero-order valence-corrected chi connectivity index (χ0v) is 9.51. The van der Waals surface area contributed by atoms with Gasteiger partial charge in [0, 0.05) is 5.56 Å². The van der Waals surface area contributed by atoms with E-state index in [0.717, 1.165) is 12.1 Å². The molecule has 0 radical (unpaired) electrons. The van der Waals surface area contributed by atoms with Crippen LogP contribution in [-0.2, 0) is 0 Å². The highest BCUT2D eigenvalue weighted by Gasteiger charge is 2.16. The molecule has 2 N–H and O–H groups in total. The minimum Gasteiger partial charge on any atom is -0.504 e. The van der Waals surface area contributed by atoms with Crippen LogP contribution >= 0.6 is 0 Å². The van der Waals surface area contributed by atoms with E-state index in [-0.39, 0.29) is 11.3 Å². The fraction of sp³-hybridized carbons (Fsp3) is 0.0769. The first-order chi connectivity index (χ1) is 8.50. The molecule has 0 fully saturated rings. The van der Waals surface area contributed by atoms with Crippen molar-refractivity contribution in [2.75, 3.05) is 0 Å². The molecule has 0 saturated heterocycles. The van der Waals surface area contributed by atoms with Crippen molar-refractivity contribution in [2.24, 2.45) is 0 Å². The Hall–Kier alpha value is -2.56. The van der Waals surface area contributed by atoms with Crippen molar-refractivity contribution in [3.63, 3.8) is 0 Å². The summed E-state index contributed by atoms with van der Waals surface area (Å²) in [5.74, 6) is -1.79. The minimum absolute atomic E-state index is 0.0932. The topological polar surface area (TPSA) is 87.7 Å². The zero-order valence-electron chi connectivity index (χ0n) is 9.51. The molecule has 0 aliphatic heterocycles. The fourth-order valence-corrected chi connectivity index (χ4v) is 1.57. The van der Waals surface area contributed by atoms with Crippen molar-refractivity contribution in [3.8, 4) is 11.5 Å². The van der Waals surface area contributed by atoms with Gasteiger partial charge in [0.25, 0.3) is 0 Å². The molecule has 1 aromatic heterocycles. The molecule has 18 heavy (non-hydrogen) atoms. The van der Waals surface area contributed by atoms with Crippen molar-refractivity contribution in [3.05, 3.63) is 57.6 Å². The number of aromatic hydroxyl groups is 2. The third-order valence-electron chi connectivity index (χ3n) is 2.52. The van der Waals surface area contributed by atoms with E-state index in [2.05, 4.69) is 0 Å². The monoisotopic (exact) mass is 246 g/mol. The maximum atomic E-state index is 12.1. The molecule has 2 aromatic rings.